The average molecular weight is 279 g/mol. The smallest absolute Gasteiger partial charge is 0.0907 e. The molecule has 0 radical (unpaired) electrons. The van der Waals surface area contributed by atoms with E-state index in [-0.39, 0.29) is 0 Å². The number of hydrogen-bond acceptors (Lipinski definition) is 5. The summed E-state index contributed by atoms with van der Waals surface area (Å²) in [7, 11) is 2.15. The minimum absolute atomic E-state index is 0.606. The number of nitrogens with zero attached hydrogens (tertiary/aromatic N) is 2. The van der Waals surface area contributed by atoms with Crippen molar-refractivity contribution in [3.8, 4) is 0 Å². The zero-order chi connectivity index (χ0) is 12.7. The van der Waals surface area contributed by atoms with Gasteiger partial charge in [-0.15, -0.1) is 11.3 Å². The molecule has 3 rings (SSSR count). The van der Waals surface area contributed by atoms with E-state index in [4.69, 9.17) is 5.73 Å². The Hall–Kier alpha value is -0.940. The fourth-order valence-electron chi connectivity index (χ4n) is 2.42. The molecule has 1 unspecified atom stereocenters. The van der Waals surface area contributed by atoms with Gasteiger partial charge in [0.2, 0.25) is 0 Å². The zero-order valence-electron chi connectivity index (χ0n) is 10.6. The van der Waals surface area contributed by atoms with E-state index in [1.807, 2.05) is 18.7 Å². The quantitative estimate of drug-likeness (QED) is 0.858. The van der Waals surface area contributed by atoms with Crippen LogP contribution in [0.4, 0.5) is 11.4 Å². The molecule has 1 fully saturated rings. The molecular formula is C13H17N3S2. The molecular weight excluding hydrogens is 262 g/mol. The molecule has 1 aromatic carbocycles. The molecule has 0 aliphatic carbocycles. The maximum Gasteiger partial charge on any atom is 0.0907 e. The maximum atomic E-state index is 6.19. The molecule has 1 saturated heterocycles. The normalized spacial score (nSPS) is 19.6. The summed E-state index contributed by atoms with van der Waals surface area (Å²) >= 11 is 3.73. The van der Waals surface area contributed by atoms with Crippen molar-refractivity contribution in [1.82, 2.24) is 4.98 Å². The second kappa shape index (κ2) is 4.63. The lowest BCUT2D eigenvalue weighted by molar-refractivity contribution is 0.701. The third-order valence-corrected chi connectivity index (χ3v) is 5.56. The number of nitrogens with two attached hydrogens (primary N) is 1. The number of hydrogen-bond donors (Lipinski definition) is 1. The Morgan fingerprint density at radius 2 is 2.28 bits per heavy atom. The van der Waals surface area contributed by atoms with E-state index >= 15 is 0 Å². The molecule has 0 bridgehead atoms. The highest BCUT2D eigenvalue weighted by Crippen LogP contribution is 2.34. The van der Waals surface area contributed by atoms with Gasteiger partial charge in [0.05, 0.1) is 26.6 Å². The van der Waals surface area contributed by atoms with E-state index < -0.39 is 0 Å². The highest BCUT2D eigenvalue weighted by atomic mass is 32.2. The molecule has 2 heterocycles. The summed E-state index contributed by atoms with van der Waals surface area (Å²) in [6.07, 6.45) is 1.24. The van der Waals surface area contributed by atoms with Gasteiger partial charge in [0.1, 0.15) is 0 Å². The number of nitrogen functional groups attached to an aromatic ring is 1. The van der Waals surface area contributed by atoms with E-state index in [9.17, 15) is 0 Å². The van der Waals surface area contributed by atoms with Gasteiger partial charge in [-0.3, -0.25) is 0 Å². The van der Waals surface area contributed by atoms with Crippen LogP contribution in [0.25, 0.3) is 10.2 Å². The Kier molecular flexibility index (Phi) is 3.11. The highest BCUT2D eigenvalue weighted by Gasteiger charge is 2.22. The van der Waals surface area contributed by atoms with Gasteiger partial charge in [-0.2, -0.15) is 11.8 Å². The Bertz CT molecular complexity index is 573. The van der Waals surface area contributed by atoms with Crippen molar-refractivity contribution in [2.75, 3.05) is 29.2 Å². The molecule has 2 aromatic rings. The fraction of sp³-hybridized carbons (Fsp3) is 0.462. The minimum Gasteiger partial charge on any atom is -0.397 e. The van der Waals surface area contributed by atoms with E-state index in [1.54, 1.807) is 11.3 Å². The molecule has 1 aliphatic heterocycles. The van der Waals surface area contributed by atoms with Gasteiger partial charge in [0.25, 0.3) is 0 Å². The molecule has 1 aliphatic rings. The number of thiazole rings is 1. The lowest BCUT2D eigenvalue weighted by atomic mass is 10.1. The van der Waals surface area contributed by atoms with Crippen LogP contribution in [-0.4, -0.2) is 29.6 Å². The molecule has 1 atom stereocenters. The second-order valence-electron chi connectivity index (χ2n) is 4.74. The second-order valence-corrected chi connectivity index (χ2v) is 7.12. The predicted molar refractivity (Wildman–Crippen MR) is 82.9 cm³/mol. The van der Waals surface area contributed by atoms with Crippen molar-refractivity contribution in [3.63, 3.8) is 0 Å². The number of aromatic nitrogens is 1. The van der Waals surface area contributed by atoms with Gasteiger partial charge in [0.15, 0.2) is 0 Å². The number of thioether (sulfide) groups is 1. The van der Waals surface area contributed by atoms with Gasteiger partial charge in [-0.1, -0.05) is 0 Å². The van der Waals surface area contributed by atoms with Crippen LogP contribution in [0.5, 0.6) is 0 Å². The van der Waals surface area contributed by atoms with E-state index in [0.717, 1.165) is 21.9 Å². The monoisotopic (exact) mass is 279 g/mol. The van der Waals surface area contributed by atoms with Crippen molar-refractivity contribution in [2.45, 2.75) is 19.4 Å². The van der Waals surface area contributed by atoms with Gasteiger partial charge in [0, 0.05) is 18.8 Å². The molecule has 5 heteroatoms. The van der Waals surface area contributed by atoms with E-state index in [0.29, 0.717) is 6.04 Å². The zero-order valence-corrected chi connectivity index (χ0v) is 12.3. The largest absolute Gasteiger partial charge is 0.397 e. The van der Waals surface area contributed by atoms with Crippen molar-refractivity contribution >= 4 is 44.7 Å². The summed E-state index contributed by atoms with van der Waals surface area (Å²) < 4.78 is 1.18. The Balaban J connectivity index is 2.01. The standard InChI is InChI=1S/C13H17N3S2/c1-8-15-11-6-12(10(14)5-13(11)18-8)16(2)9-3-4-17-7-9/h5-6,9H,3-4,7,14H2,1-2H3. The van der Waals surface area contributed by atoms with E-state index in [1.165, 1.54) is 22.6 Å². The SMILES string of the molecule is Cc1nc2cc(N(C)C3CCSC3)c(N)cc2s1. The number of rotatable bonds is 2. The van der Waals surface area contributed by atoms with Crippen LogP contribution in [0.1, 0.15) is 11.4 Å². The van der Waals surface area contributed by atoms with Crippen LogP contribution >= 0.6 is 23.1 Å². The third-order valence-electron chi connectivity index (χ3n) is 3.48. The summed E-state index contributed by atoms with van der Waals surface area (Å²) in [6.45, 7) is 2.04. The molecule has 96 valence electrons. The van der Waals surface area contributed by atoms with Crippen LogP contribution in [-0.2, 0) is 0 Å². The number of anilines is 2. The first-order valence-electron chi connectivity index (χ1n) is 6.12. The lowest BCUT2D eigenvalue weighted by Crippen LogP contribution is -2.31. The van der Waals surface area contributed by atoms with E-state index in [2.05, 4.69) is 29.1 Å². The number of fused-ring (bicyclic) bond motifs is 1. The predicted octanol–water partition coefficient (Wildman–Crippen LogP) is 3.13. The van der Waals surface area contributed by atoms with Crippen LogP contribution < -0.4 is 10.6 Å². The average Bonchev–Trinajstić information content (AvgIpc) is 2.94. The maximum absolute atomic E-state index is 6.19. The van der Waals surface area contributed by atoms with Crippen LogP contribution in [0.3, 0.4) is 0 Å². The summed E-state index contributed by atoms with van der Waals surface area (Å²) in [5, 5.41) is 1.10. The molecule has 0 saturated carbocycles. The first-order chi connectivity index (χ1) is 8.65. The summed E-state index contributed by atoms with van der Waals surface area (Å²) in [4.78, 5) is 6.88. The molecule has 0 amide bonds. The molecule has 18 heavy (non-hydrogen) atoms. The molecule has 3 nitrogen and oxygen atoms in total. The minimum atomic E-state index is 0.606. The first-order valence-corrected chi connectivity index (χ1v) is 8.09. The molecule has 2 N–H and O–H groups in total. The third kappa shape index (κ3) is 2.06. The van der Waals surface area contributed by atoms with Crippen molar-refractivity contribution in [1.29, 1.82) is 0 Å². The Morgan fingerprint density at radius 3 is 3.00 bits per heavy atom. The van der Waals surface area contributed by atoms with Gasteiger partial charge in [-0.05, 0) is 31.2 Å². The summed E-state index contributed by atoms with van der Waals surface area (Å²) in [5.41, 5.74) is 9.26. The van der Waals surface area contributed by atoms with Crippen LogP contribution in [0.15, 0.2) is 12.1 Å². The fourth-order valence-corrected chi connectivity index (χ4v) is 4.55. The number of benzene rings is 1. The summed E-state index contributed by atoms with van der Waals surface area (Å²) in [5.74, 6) is 2.46. The lowest BCUT2D eigenvalue weighted by Gasteiger charge is -2.27. The highest BCUT2D eigenvalue weighted by molar-refractivity contribution is 7.99. The van der Waals surface area contributed by atoms with Crippen LogP contribution in [0, 0.1) is 6.92 Å². The van der Waals surface area contributed by atoms with Crippen molar-refractivity contribution in [3.05, 3.63) is 17.1 Å². The van der Waals surface area contributed by atoms with Crippen LogP contribution in [0.2, 0.25) is 0 Å². The molecule has 0 spiro atoms. The molecule has 1 aromatic heterocycles. The van der Waals surface area contributed by atoms with Gasteiger partial charge >= 0.3 is 0 Å². The summed E-state index contributed by atoms with van der Waals surface area (Å²) in [6, 6.07) is 4.81. The Morgan fingerprint density at radius 1 is 1.44 bits per heavy atom. The first kappa shape index (κ1) is 12.1. The van der Waals surface area contributed by atoms with Gasteiger partial charge < -0.3 is 10.6 Å². The Labute approximate surface area is 115 Å². The topological polar surface area (TPSA) is 42.2 Å². The van der Waals surface area contributed by atoms with Gasteiger partial charge in [-0.25, -0.2) is 4.98 Å². The number of aryl methyl sites for hydroxylation is 1. The van der Waals surface area contributed by atoms with Crippen molar-refractivity contribution < 1.29 is 0 Å². The van der Waals surface area contributed by atoms with Crippen molar-refractivity contribution in [2.24, 2.45) is 0 Å².